The van der Waals surface area contributed by atoms with E-state index in [4.69, 9.17) is 0 Å². The van der Waals surface area contributed by atoms with E-state index >= 15 is 0 Å². The van der Waals surface area contributed by atoms with Crippen LogP contribution in [0.25, 0.3) is 0 Å². The molecule has 4 aliphatic rings. The number of carbonyl (C=O) groups excluding carboxylic acids is 5. The van der Waals surface area contributed by atoms with Crippen LogP contribution in [0.15, 0.2) is 46.8 Å². The number of hydrogen-bond acceptors (Lipinski definition) is 11. The summed E-state index contributed by atoms with van der Waals surface area (Å²) in [6.45, 7) is 3.15. The van der Waals surface area contributed by atoms with Gasteiger partial charge in [-0.1, -0.05) is 6.07 Å². The maximum absolute atomic E-state index is 13.5. The van der Waals surface area contributed by atoms with E-state index in [0.29, 0.717) is 16.9 Å². The topological polar surface area (TPSA) is 246 Å². The number of β-lactam (4-membered cyclic amide) rings is 2. The highest BCUT2D eigenvalue weighted by atomic mass is 32.2. The average Bonchev–Trinajstić information content (AvgIpc) is 3.01. The number of non-ortho nitro benzene ring substituents is 1. The maximum atomic E-state index is 13.5. The molecule has 5 amide bonds. The van der Waals surface area contributed by atoms with Gasteiger partial charge in [0, 0.05) is 29.2 Å². The molecule has 2 saturated heterocycles. The van der Waals surface area contributed by atoms with Gasteiger partial charge < -0.3 is 26.2 Å². The Morgan fingerprint density at radius 1 is 0.935 bits per heavy atom. The third-order valence-corrected chi connectivity index (χ3v) is 10.5. The molecule has 1 unspecified atom stereocenters. The maximum Gasteiger partial charge on any atom is 0.352 e. The molecule has 5 N–H and O–H groups in total. The molecule has 5 rings (SSSR count). The van der Waals surface area contributed by atoms with Crippen LogP contribution in [0.1, 0.15) is 30.6 Å². The lowest BCUT2D eigenvalue weighted by atomic mass is 10.0. The Kier molecular flexibility index (Phi) is 8.81. The van der Waals surface area contributed by atoms with Crippen molar-refractivity contribution in [3.05, 3.63) is 62.5 Å². The van der Waals surface area contributed by atoms with Crippen molar-refractivity contribution in [1.29, 1.82) is 0 Å². The second-order valence-electron chi connectivity index (χ2n) is 10.8. The van der Waals surface area contributed by atoms with E-state index in [1.807, 2.05) is 0 Å². The van der Waals surface area contributed by atoms with E-state index in [1.165, 1.54) is 35.7 Å². The molecular formula is C27H26N6O11S2. The van der Waals surface area contributed by atoms with E-state index in [0.717, 1.165) is 21.9 Å². The molecule has 17 nitrogen and oxygen atoms in total. The fraction of sp³-hybridized carbons (Fsp3) is 0.370. The molecule has 0 radical (unpaired) electrons. The van der Waals surface area contributed by atoms with E-state index in [2.05, 4.69) is 16.0 Å². The van der Waals surface area contributed by atoms with E-state index < -0.39 is 87.4 Å². The minimum Gasteiger partial charge on any atom is -0.477 e. The molecule has 4 aliphatic heterocycles. The molecule has 0 bridgehead atoms. The van der Waals surface area contributed by atoms with Gasteiger partial charge in [-0.25, -0.2) is 9.59 Å². The Labute approximate surface area is 267 Å². The van der Waals surface area contributed by atoms with Crippen molar-refractivity contribution in [2.45, 2.75) is 49.1 Å². The first-order chi connectivity index (χ1) is 21.7. The number of benzene rings is 1. The third kappa shape index (κ3) is 5.78. The highest BCUT2D eigenvalue weighted by Gasteiger charge is 2.55. The van der Waals surface area contributed by atoms with Gasteiger partial charge in [0.1, 0.15) is 40.3 Å². The molecule has 1 aromatic carbocycles. The minimum atomic E-state index is -1.64. The summed E-state index contributed by atoms with van der Waals surface area (Å²) in [7, 11) is 0. The van der Waals surface area contributed by atoms with Crippen LogP contribution < -0.4 is 16.0 Å². The highest BCUT2D eigenvalue weighted by Crippen LogP contribution is 2.41. The van der Waals surface area contributed by atoms with Crippen LogP contribution in [0.2, 0.25) is 0 Å². The van der Waals surface area contributed by atoms with Gasteiger partial charge in [-0.15, -0.1) is 23.5 Å². The average molecular weight is 675 g/mol. The van der Waals surface area contributed by atoms with Crippen molar-refractivity contribution in [2.75, 3.05) is 11.5 Å². The molecule has 46 heavy (non-hydrogen) atoms. The molecule has 0 aromatic heterocycles. The summed E-state index contributed by atoms with van der Waals surface area (Å²) in [4.78, 5) is 101. The number of carboxylic acid groups (broad SMARTS) is 2. The van der Waals surface area contributed by atoms with E-state index in [-0.39, 0.29) is 22.7 Å². The van der Waals surface area contributed by atoms with Crippen LogP contribution >= 0.6 is 23.5 Å². The Morgan fingerprint density at radius 2 is 1.46 bits per heavy atom. The number of nitrogens with one attached hydrogen (secondary N) is 3. The summed E-state index contributed by atoms with van der Waals surface area (Å²) in [5.41, 5.74) is -0.0105. The smallest absolute Gasteiger partial charge is 0.352 e. The Balaban J connectivity index is 1.32. The largest absolute Gasteiger partial charge is 0.477 e. The van der Waals surface area contributed by atoms with Crippen LogP contribution in [0.5, 0.6) is 0 Å². The van der Waals surface area contributed by atoms with Gasteiger partial charge in [0.2, 0.25) is 11.8 Å². The van der Waals surface area contributed by atoms with Crippen molar-refractivity contribution in [3.8, 4) is 0 Å². The zero-order chi connectivity index (χ0) is 33.6. The van der Waals surface area contributed by atoms with Crippen LogP contribution in [0.3, 0.4) is 0 Å². The van der Waals surface area contributed by atoms with Crippen molar-refractivity contribution < 1.29 is 48.7 Å². The summed E-state index contributed by atoms with van der Waals surface area (Å²) in [5.74, 6) is -6.17. The molecule has 0 aliphatic carbocycles. The number of nitro groups is 1. The molecule has 5 atom stereocenters. The number of carbonyl (C=O) groups is 7. The lowest BCUT2D eigenvalue weighted by Gasteiger charge is -2.49. The number of nitro benzene ring substituents is 1. The monoisotopic (exact) mass is 674 g/mol. The van der Waals surface area contributed by atoms with Gasteiger partial charge in [-0.3, -0.25) is 43.9 Å². The number of nitrogens with zero attached hydrogens (tertiary/aromatic N) is 3. The number of fused-ring (bicyclic) bond motifs is 2. The minimum absolute atomic E-state index is 0.170. The standard InChI is InChI=1S/C27H26N6O11S2/c1-10-8-45-24-16(22(37)31(24)18(10)26(39)40)29-15(34)7-14(28-20(35)12-4-3-5-13(6-12)33(43)44)21(36)30-17-23(38)32-19(27(41)42)11(2)9-46-25(17)32/h3-6,14,16-17,24-25H,7-9H2,1-2H3,(H,28,35)(H,29,34)(H,30,36)(H,39,40)(H,41,42)/t14?,16-,17-,24-,25-/m1/s1. The fourth-order valence-electron chi connectivity index (χ4n) is 5.43. The summed E-state index contributed by atoms with van der Waals surface area (Å²) in [6.07, 6.45) is -0.726. The van der Waals surface area contributed by atoms with Crippen molar-refractivity contribution >= 4 is 70.7 Å². The normalized spacial score (nSPS) is 24.1. The first-order valence-electron chi connectivity index (χ1n) is 13.6. The number of carboxylic acids is 2. The molecule has 242 valence electrons. The lowest BCUT2D eigenvalue weighted by molar-refractivity contribution is -0.384. The van der Waals surface area contributed by atoms with Gasteiger partial charge in [-0.05, 0) is 31.1 Å². The lowest BCUT2D eigenvalue weighted by Crippen LogP contribution is -2.72. The van der Waals surface area contributed by atoms with Crippen molar-refractivity contribution in [2.24, 2.45) is 0 Å². The number of amides is 5. The van der Waals surface area contributed by atoms with Crippen LogP contribution in [0.4, 0.5) is 5.69 Å². The van der Waals surface area contributed by atoms with Gasteiger partial charge in [0.05, 0.1) is 11.3 Å². The predicted octanol–water partition coefficient (Wildman–Crippen LogP) is -0.400. The third-order valence-electron chi connectivity index (χ3n) is 7.67. The summed E-state index contributed by atoms with van der Waals surface area (Å²) < 4.78 is 0. The van der Waals surface area contributed by atoms with Crippen molar-refractivity contribution in [1.82, 2.24) is 25.8 Å². The van der Waals surface area contributed by atoms with Crippen LogP contribution in [-0.2, 0) is 28.8 Å². The Hall–Kier alpha value is -4.91. The Morgan fingerprint density at radius 3 is 1.96 bits per heavy atom. The molecule has 2 fully saturated rings. The number of hydrogen-bond donors (Lipinski definition) is 5. The molecule has 1 aromatic rings. The SMILES string of the molecule is CC1=C(C(=O)O)N2C(=O)[C@@H](NC(=O)CC(NC(=O)c3cccc([N+](=O)[O-])c3)C(=O)N[C@@H]3C(=O)N4C(C(=O)O)=C(C)CS[C@H]34)[C@H]2SC1. The van der Waals surface area contributed by atoms with Crippen LogP contribution in [0, 0.1) is 10.1 Å². The number of aliphatic carboxylic acids is 2. The van der Waals surface area contributed by atoms with Gasteiger partial charge >= 0.3 is 11.9 Å². The zero-order valence-corrected chi connectivity index (χ0v) is 25.7. The molecular weight excluding hydrogens is 648 g/mol. The molecule has 0 spiro atoms. The van der Waals surface area contributed by atoms with Crippen LogP contribution in [-0.4, -0.2) is 107 Å². The summed E-state index contributed by atoms with van der Waals surface area (Å²) in [6, 6.07) is 0.703. The second-order valence-corrected chi connectivity index (χ2v) is 13.0. The zero-order valence-electron chi connectivity index (χ0n) is 24.0. The predicted molar refractivity (Wildman–Crippen MR) is 160 cm³/mol. The van der Waals surface area contributed by atoms with Gasteiger partial charge in [0.15, 0.2) is 0 Å². The quantitative estimate of drug-likeness (QED) is 0.121. The molecule has 4 heterocycles. The van der Waals surface area contributed by atoms with Crippen molar-refractivity contribution in [3.63, 3.8) is 0 Å². The highest BCUT2D eigenvalue weighted by molar-refractivity contribution is 8.00. The van der Waals surface area contributed by atoms with Gasteiger partial charge in [0.25, 0.3) is 23.4 Å². The fourth-order valence-corrected chi connectivity index (χ4v) is 8.02. The summed E-state index contributed by atoms with van der Waals surface area (Å²) >= 11 is 2.46. The first-order valence-corrected chi connectivity index (χ1v) is 15.7. The first kappa shape index (κ1) is 32.5. The second kappa shape index (κ2) is 12.5. The van der Waals surface area contributed by atoms with E-state index in [1.54, 1.807) is 13.8 Å². The number of thioether (sulfide) groups is 2. The summed E-state index contributed by atoms with van der Waals surface area (Å²) in [5, 5.41) is 36.1. The van der Waals surface area contributed by atoms with E-state index in [9.17, 15) is 53.9 Å². The number of rotatable bonds is 10. The molecule has 0 saturated carbocycles. The van der Waals surface area contributed by atoms with Gasteiger partial charge in [-0.2, -0.15) is 0 Å². The molecule has 19 heteroatoms. The Bertz CT molecular complexity index is 1680.